The first-order valence-electron chi connectivity index (χ1n) is 6.08. The molecule has 4 nitrogen and oxygen atoms in total. The Kier molecular flexibility index (Phi) is 2.71. The number of rotatable bonds is 2. The second-order valence-corrected chi connectivity index (χ2v) is 6.05. The third kappa shape index (κ3) is 1.96. The quantitative estimate of drug-likeness (QED) is 0.780. The third-order valence-electron chi connectivity index (χ3n) is 3.13. The molecule has 0 radical (unpaired) electrons. The van der Waals surface area contributed by atoms with Gasteiger partial charge in [0, 0.05) is 25.2 Å². The second-order valence-electron chi connectivity index (χ2n) is 4.77. The maximum absolute atomic E-state index is 6.24. The topological polar surface area (TPSA) is 46.6 Å². The Labute approximate surface area is 116 Å². The Balaban J connectivity index is 2.20. The van der Waals surface area contributed by atoms with Crippen LogP contribution < -0.4 is 10.6 Å². The number of nitrogens with zero attached hydrogens (tertiary/aromatic N) is 3. The average molecular weight is 272 g/mol. The van der Waals surface area contributed by atoms with Crippen LogP contribution in [0.15, 0.2) is 30.5 Å². The summed E-state index contributed by atoms with van der Waals surface area (Å²) in [5.41, 5.74) is 9.09. The molecule has 0 aliphatic rings. The fourth-order valence-electron chi connectivity index (χ4n) is 2.06. The van der Waals surface area contributed by atoms with Crippen molar-refractivity contribution < 1.29 is 0 Å². The minimum Gasteiger partial charge on any atom is -0.383 e. The fraction of sp³-hybridized carbons (Fsp3) is 0.214. The van der Waals surface area contributed by atoms with Crippen molar-refractivity contribution in [2.75, 3.05) is 24.7 Å². The smallest absolute Gasteiger partial charge is 0.139 e. The van der Waals surface area contributed by atoms with Gasteiger partial charge in [0.25, 0.3) is 0 Å². The maximum atomic E-state index is 6.24. The summed E-state index contributed by atoms with van der Waals surface area (Å²) < 4.78 is 1.94. The van der Waals surface area contributed by atoms with Crippen LogP contribution in [0, 0.1) is 6.92 Å². The molecule has 3 rings (SSSR count). The number of nitrogens with two attached hydrogens (primary N) is 1. The molecule has 3 heterocycles. The zero-order chi connectivity index (χ0) is 13.6. The van der Waals surface area contributed by atoms with Crippen LogP contribution in [0.4, 0.5) is 11.5 Å². The molecule has 98 valence electrons. The first kappa shape index (κ1) is 12.0. The number of aryl methyl sites for hydroxylation is 1. The summed E-state index contributed by atoms with van der Waals surface area (Å²) in [6.07, 6.45) is 2.02. The van der Waals surface area contributed by atoms with Gasteiger partial charge in [-0.25, -0.2) is 4.98 Å². The Morgan fingerprint density at radius 3 is 2.63 bits per heavy atom. The minimum absolute atomic E-state index is 0.695. The zero-order valence-electron chi connectivity index (χ0n) is 11.2. The Morgan fingerprint density at radius 1 is 1.21 bits per heavy atom. The predicted molar refractivity (Wildman–Crippen MR) is 82.0 cm³/mol. The van der Waals surface area contributed by atoms with Crippen molar-refractivity contribution in [3.05, 3.63) is 35.3 Å². The molecule has 0 aliphatic heterocycles. The number of hydrogen-bond acceptors (Lipinski definition) is 4. The molecule has 0 saturated carbocycles. The lowest BCUT2D eigenvalue weighted by atomic mass is 10.3. The number of imidazole rings is 1. The van der Waals surface area contributed by atoms with Crippen molar-refractivity contribution in [3.63, 3.8) is 0 Å². The molecule has 3 aromatic heterocycles. The van der Waals surface area contributed by atoms with E-state index in [1.54, 1.807) is 11.3 Å². The highest BCUT2D eigenvalue weighted by molar-refractivity contribution is 7.15. The van der Waals surface area contributed by atoms with E-state index in [0.717, 1.165) is 21.9 Å². The van der Waals surface area contributed by atoms with Gasteiger partial charge in [0.15, 0.2) is 0 Å². The zero-order valence-corrected chi connectivity index (χ0v) is 12.0. The van der Waals surface area contributed by atoms with Gasteiger partial charge in [-0.1, -0.05) is 0 Å². The molecule has 19 heavy (non-hydrogen) atoms. The molecule has 0 amide bonds. The summed E-state index contributed by atoms with van der Waals surface area (Å²) in [7, 11) is 4.02. The Morgan fingerprint density at radius 2 is 2.00 bits per heavy atom. The van der Waals surface area contributed by atoms with Crippen LogP contribution in [0.5, 0.6) is 0 Å². The van der Waals surface area contributed by atoms with E-state index < -0.39 is 0 Å². The fourth-order valence-corrected chi connectivity index (χ4v) is 2.93. The van der Waals surface area contributed by atoms with E-state index in [4.69, 9.17) is 5.73 Å². The highest BCUT2D eigenvalue weighted by Crippen LogP contribution is 2.32. The van der Waals surface area contributed by atoms with Gasteiger partial charge in [0.05, 0.1) is 10.6 Å². The SMILES string of the molecule is Cc1ccc(-c2nc3ccc(N(C)C)cn3c2N)s1. The predicted octanol–water partition coefficient (Wildman–Crippen LogP) is 3.02. The van der Waals surface area contributed by atoms with Crippen LogP contribution >= 0.6 is 11.3 Å². The highest BCUT2D eigenvalue weighted by atomic mass is 32.1. The number of fused-ring (bicyclic) bond motifs is 1. The molecule has 0 aliphatic carbocycles. The molecule has 0 fully saturated rings. The number of hydrogen-bond donors (Lipinski definition) is 1. The van der Waals surface area contributed by atoms with Crippen LogP contribution in [0.1, 0.15) is 4.88 Å². The highest BCUT2D eigenvalue weighted by Gasteiger charge is 2.13. The van der Waals surface area contributed by atoms with E-state index in [2.05, 4.69) is 24.0 Å². The van der Waals surface area contributed by atoms with Gasteiger partial charge >= 0.3 is 0 Å². The van der Waals surface area contributed by atoms with Crippen molar-refractivity contribution in [1.29, 1.82) is 0 Å². The van der Waals surface area contributed by atoms with Crippen LogP contribution in [0.2, 0.25) is 0 Å². The first-order valence-corrected chi connectivity index (χ1v) is 6.89. The van der Waals surface area contributed by atoms with E-state index in [9.17, 15) is 0 Å². The summed E-state index contributed by atoms with van der Waals surface area (Å²) in [6.45, 7) is 2.09. The molecular formula is C14H16N4S. The van der Waals surface area contributed by atoms with Crippen molar-refractivity contribution in [2.45, 2.75) is 6.92 Å². The van der Waals surface area contributed by atoms with E-state index in [-0.39, 0.29) is 0 Å². The van der Waals surface area contributed by atoms with Crippen LogP contribution in [0.25, 0.3) is 16.2 Å². The van der Waals surface area contributed by atoms with E-state index >= 15 is 0 Å². The lowest BCUT2D eigenvalue weighted by Gasteiger charge is -2.12. The first-order chi connectivity index (χ1) is 9.06. The molecular weight excluding hydrogens is 256 g/mol. The summed E-state index contributed by atoms with van der Waals surface area (Å²) in [6, 6.07) is 8.21. The molecule has 0 unspecified atom stereocenters. The maximum Gasteiger partial charge on any atom is 0.139 e. The van der Waals surface area contributed by atoms with E-state index in [1.165, 1.54) is 4.88 Å². The molecule has 0 spiro atoms. The van der Waals surface area contributed by atoms with Gasteiger partial charge in [0.2, 0.25) is 0 Å². The summed E-state index contributed by atoms with van der Waals surface area (Å²) >= 11 is 1.71. The van der Waals surface area contributed by atoms with Crippen molar-refractivity contribution in [1.82, 2.24) is 9.38 Å². The normalized spacial score (nSPS) is 11.1. The lowest BCUT2D eigenvalue weighted by Crippen LogP contribution is -2.09. The van der Waals surface area contributed by atoms with Crippen molar-refractivity contribution >= 4 is 28.5 Å². The Hall–Kier alpha value is -2.01. The monoisotopic (exact) mass is 272 g/mol. The summed E-state index contributed by atoms with van der Waals surface area (Å²) in [5, 5.41) is 0. The number of pyridine rings is 1. The van der Waals surface area contributed by atoms with Gasteiger partial charge in [-0.2, -0.15) is 0 Å². The van der Waals surface area contributed by atoms with Crippen molar-refractivity contribution in [2.24, 2.45) is 0 Å². The minimum atomic E-state index is 0.695. The standard InChI is InChI=1S/C14H16N4S/c1-9-4-6-11(19-9)13-14(15)18-8-10(17(2)3)5-7-12(18)16-13/h4-8H,15H2,1-3H3. The van der Waals surface area contributed by atoms with Gasteiger partial charge in [-0.3, -0.25) is 4.40 Å². The Bertz CT molecular complexity index is 739. The molecule has 0 atom stereocenters. The van der Waals surface area contributed by atoms with Gasteiger partial charge < -0.3 is 10.6 Å². The number of nitrogen functional groups attached to an aromatic ring is 1. The van der Waals surface area contributed by atoms with Gasteiger partial charge in [-0.05, 0) is 31.2 Å². The van der Waals surface area contributed by atoms with E-state index in [0.29, 0.717) is 5.82 Å². The lowest BCUT2D eigenvalue weighted by molar-refractivity contribution is 1.09. The van der Waals surface area contributed by atoms with Crippen molar-refractivity contribution in [3.8, 4) is 10.6 Å². The third-order valence-corrected chi connectivity index (χ3v) is 4.14. The largest absolute Gasteiger partial charge is 0.383 e. The van der Waals surface area contributed by atoms with Gasteiger partial charge in [-0.15, -0.1) is 11.3 Å². The molecule has 0 saturated heterocycles. The second kappa shape index (κ2) is 4.28. The summed E-state index contributed by atoms with van der Waals surface area (Å²) in [5.74, 6) is 0.695. The number of thiophene rings is 1. The van der Waals surface area contributed by atoms with Crippen LogP contribution in [-0.4, -0.2) is 23.5 Å². The van der Waals surface area contributed by atoms with Crippen LogP contribution in [0.3, 0.4) is 0 Å². The van der Waals surface area contributed by atoms with Crippen LogP contribution in [-0.2, 0) is 0 Å². The van der Waals surface area contributed by atoms with Gasteiger partial charge in [0.1, 0.15) is 17.2 Å². The number of aromatic nitrogens is 2. The molecule has 0 bridgehead atoms. The molecule has 0 aromatic carbocycles. The molecule has 5 heteroatoms. The van der Waals surface area contributed by atoms with E-state index in [1.807, 2.05) is 41.7 Å². The molecule has 3 aromatic rings. The summed E-state index contributed by atoms with van der Waals surface area (Å²) in [4.78, 5) is 9.06. The average Bonchev–Trinajstić information content (AvgIpc) is 2.93. The number of anilines is 2. The molecule has 2 N–H and O–H groups in total.